The maximum atomic E-state index is 13.8. The van der Waals surface area contributed by atoms with Crippen molar-refractivity contribution < 1.29 is 4.39 Å². The molecule has 0 amide bonds. The Kier molecular flexibility index (Phi) is 3.80. The lowest BCUT2D eigenvalue weighted by atomic mass is 10.0. The minimum Gasteiger partial charge on any atom is -0.376 e. The zero-order valence-corrected chi connectivity index (χ0v) is 12.6. The van der Waals surface area contributed by atoms with Crippen molar-refractivity contribution in [1.29, 1.82) is 0 Å². The van der Waals surface area contributed by atoms with Crippen LogP contribution in [0.25, 0.3) is 0 Å². The van der Waals surface area contributed by atoms with Crippen molar-refractivity contribution in [3.8, 4) is 0 Å². The molecular weight excluding hydrogens is 325 g/mol. The first-order valence-electron chi connectivity index (χ1n) is 6.17. The quantitative estimate of drug-likeness (QED) is 0.804. The molecule has 0 fully saturated rings. The maximum Gasteiger partial charge on any atom is 0.146 e. The molecule has 0 bridgehead atoms. The average Bonchev–Trinajstić information content (AvgIpc) is 2.43. The molecule has 0 radical (unpaired) electrons. The largest absolute Gasteiger partial charge is 0.376 e. The predicted molar refractivity (Wildman–Crippen MR) is 82.2 cm³/mol. The highest BCUT2D eigenvalue weighted by Crippen LogP contribution is 2.38. The number of rotatable bonds is 2. The molecule has 2 aromatic carbocycles. The Morgan fingerprint density at radius 1 is 1.21 bits per heavy atom. The monoisotopic (exact) mass is 337 g/mol. The van der Waals surface area contributed by atoms with Gasteiger partial charge in [-0.05, 0) is 36.2 Å². The van der Waals surface area contributed by atoms with Gasteiger partial charge in [-0.2, -0.15) is 0 Å². The van der Waals surface area contributed by atoms with E-state index in [1.54, 1.807) is 12.1 Å². The molecule has 0 saturated carbocycles. The van der Waals surface area contributed by atoms with E-state index in [1.807, 2.05) is 23.9 Å². The van der Waals surface area contributed by atoms with Gasteiger partial charge in [0.2, 0.25) is 0 Å². The summed E-state index contributed by atoms with van der Waals surface area (Å²) >= 11 is 5.25. The Bertz CT molecular complexity index is 602. The SMILES string of the molecule is Fc1ccc(Br)cc1NC1CCSc2ccccc21. The van der Waals surface area contributed by atoms with E-state index in [9.17, 15) is 4.39 Å². The second-order valence-corrected chi connectivity index (χ2v) is 6.55. The molecule has 19 heavy (non-hydrogen) atoms. The van der Waals surface area contributed by atoms with Gasteiger partial charge in [0.15, 0.2) is 0 Å². The number of benzene rings is 2. The minimum atomic E-state index is -0.209. The molecule has 0 spiro atoms. The molecule has 0 aromatic heterocycles. The molecule has 3 rings (SSSR count). The molecule has 1 nitrogen and oxygen atoms in total. The second-order valence-electron chi connectivity index (χ2n) is 4.50. The summed E-state index contributed by atoms with van der Waals surface area (Å²) in [6.07, 6.45) is 1.01. The van der Waals surface area contributed by atoms with Crippen LogP contribution in [0.2, 0.25) is 0 Å². The van der Waals surface area contributed by atoms with E-state index in [4.69, 9.17) is 0 Å². The van der Waals surface area contributed by atoms with Crippen LogP contribution in [0, 0.1) is 5.82 Å². The first-order chi connectivity index (χ1) is 9.24. The number of thioether (sulfide) groups is 1. The van der Waals surface area contributed by atoms with Crippen molar-refractivity contribution in [3.05, 3.63) is 58.3 Å². The maximum absolute atomic E-state index is 13.8. The molecule has 1 aliphatic rings. The van der Waals surface area contributed by atoms with Crippen LogP contribution in [0.5, 0.6) is 0 Å². The summed E-state index contributed by atoms with van der Waals surface area (Å²) in [4.78, 5) is 1.29. The summed E-state index contributed by atoms with van der Waals surface area (Å²) in [5.74, 6) is 0.850. The van der Waals surface area contributed by atoms with E-state index in [-0.39, 0.29) is 11.9 Å². The van der Waals surface area contributed by atoms with Crippen LogP contribution in [0.15, 0.2) is 51.8 Å². The summed E-state index contributed by atoms with van der Waals surface area (Å²) in [5.41, 5.74) is 1.82. The fourth-order valence-electron chi connectivity index (χ4n) is 2.29. The third-order valence-corrected chi connectivity index (χ3v) is 4.83. The first-order valence-corrected chi connectivity index (χ1v) is 7.95. The number of fused-ring (bicyclic) bond motifs is 1. The third-order valence-electron chi connectivity index (χ3n) is 3.22. The average molecular weight is 338 g/mol. The summed E-state index contributed by atoms with van der Waals surface area (Å²) in [7, 11) is 0. The van der Waals surface area contributed by atoms with Gasteiger partial charge in [-0.25, -0.2) is 4.39 Å². The summed E-state index contributed by atoms with van der Waals surface area (Å²) < 4.78 is 14.7. The fraction of sp³-hybridized carbons (Fsp3) is 0.200. The number of hydrogen-bond acceptors (Lipinski definition) is 2. The van der Waals surface area contributed by atoms with Crippen LogP contribution in [-0.2, 0) is 0 Å². The van der Waals surface area contributed by atoms with Gasteiger partial charge < -0.3 is 5.32 Å². The molecule has 0 aliphatic carbocycles. The van der Waals surface area contributed by atoms with Gasteiger partial charge in [-0.1, -0.05) is 34.1 Å². The van der Waals surface area contributed by atoms with Crippen molar-refractivity contribution in [3.63, 3.8) is 0 Å². The zero-order chi connectivity index (χ0) is 13.2. The van der Waals surface area contributed by atoms with E-state index in [0.717, 1.165) is 16.6 Å². The summed E-state index contributed by atoms with van der Waals surface area (Å²) in [5, 5.41) is 3.33. The van der Waals surface area contributed by atoms with Crippen LogP contribution in [-0.4, -0.2) is 5.75 Å². The number of halogens is 2. The molecule has 0 saturated heterocycles. The van der Waals surface area contributed by atoms with Gasteiger partial charge in [-0.15, -0.1) is 11.8 Å². The molecule has 4 heteroatoms. The van der Waals surface area contributed by atoms with Gasteiger partial charge in [0.25, 0.3) is 0 Å². The Morgan fingerprint density at radius 3 is 2.95 bits per heavy atom. The zero-order valence-electron chi connectivity index (χ0n) is 10.2. The highest BCUT2D eigenvalue weighted by Gasteiger charge is 2.20. The topological polar surface area (TPSA) is 12.0 Å². The van der Waals surface area contributed by atoms with Gasteiger partial charge >= 0.3 is 0 Å². The van der Waals surface area contributed by atoms with Crippen molar-refractivity contribution >= 4 is 33.4 Å². The summed E-state index contributed by atoms with van der Waals surface area (Å²) in [6.45, 7) is 0. The van der Waals surface area contributed by atoms with Crippen LogP contribution < -0.4 is 5.32 Å². The molecular formula is C15H13BrFNS. The molecule has 1 atom stereocenters. The second kappa shape index (κ2) is 5.55. The highest BCUT2D eigenvalue weighted by atomic mass is 79.9. The van der Waals surface area contributed by atoms with Crippen LogP contribution in [0.3, 0.4) is 0 Å². The third kappa shape index (κ3) is 2.79. The molecule has 2 aromatic rings. The highest BCUT2D eigenvalue weighted by molar-refractivity contribution is 9.10. The number of anilines is 1. The van der Waals surface area contributed by atoms with Gasteiger partial charge in [0, 0.05) is 15.1 Å². The van der Waals surface area contributed by atoms with Gasteiger partial charge in [0.05, 0.1) is 11.7 Å². The molecule has 98 valence electrons. The lowest BCUT2D eigenvalue weighted by molar-refractivity contribution is 0.622. The number of nitrogens with one attached hydrogen (secondary N) is 1. The lowest BCUT2D eigenvalue weighted by Gasteiger charge is -2.27. The van der Waals surface area contributed by atoms with Gasteiger partial charge in [-0.3, -0.25) is 0 Å². The smallest absolute Gasteiger partial charge is 0.146 e. The lowest BCUT2D eigenvalue weighted by Crippen LogP contribution is -2.16. The molecule has 1 heterocycles. The van der Waals surface area contributed by atoms with E-state index < -0.39 is 0 Å². The van der Waals surface area contributed by atoms with Crippen LogP contribution in [0.4, 0.5) is 10.1 Å². The van der Waals surface area contributed by atoms with E-state index in [2.05, 4.69) is 33.4 Å². The van der Waals surface area contributed by atoms with E-state index >= 15 is 0 Å². The molecule has 1 N–H and O–H groups in total. The Morgan fingerprint density at radius 2 is 2.05 bits per heavy atom. The Hall–Kier alpha value is -1.00. The molecule has 1 aliphatic heterocycles. The van der Waals surface area contributed by atoms with Crippen molar-refractivity contribution in [1.82, 2.24) is 0 Å². The Labute approximate surface area is 124 Å². The van der Waals surface area contributed by atoms with Crippen LogP contribution in [0.1, 0.15) is 18.0 Å². The molecule has 1 unspecified atom stereocenters. The number of hydrogen-bond donors (Lipinski definition) is 1. The van der Waals surface area contributed by atoms with Crippen molar-refractivity contribution in [2.45, 2.75) is 17.4 Å². The fourth-order valence-corrected chi connectivity index (χ4v) is 3.77. The van der Waals surface area contributed by atoms with E-state index in [0.29, 0.717) is 5.69 Å². The summed E-state index contributed by atoms with van der Waals surface area (Å²) in [6, 6.07) is 13.5. The van der Waals surface area contributed by atoms with Crippen LogP contribution >= 0.6 is 27.7 Å². The van der Waals surface area contributed by atoms with Crippen molar-refractivity contribution in [2.75, 3.05) is 11.1 Å². The first kappa shape index (κ1) is 13.0. The predicted octanol–water partition coefficient (Wildman–Crippen LogP) is 5.24. The standard InChI is InChI=1S/C15H13BrFNS/c16-10-5-6-12(17)14(9-10)18-13-7-8-19-15-4-2-1-3-11(13)15/h1-6,9,13,18H,7-8H2. The normalized spacial score (nSPS) is 17.9. The minimum absolute atomic E-state index is 0.182. The Balaban J connectivity index is 1.90. The van der Waals surface area contributed by atoms with E-state index in [1.165, 1.54) is 16.5 Å². The van der Waals surface area contributed by atoms with Gasteiger partial charge in [0.1, 0.15) is 5.82 Å². The van der Waals surface area contributed by atoms with Crippen molar-refractivity contribution in [2.24, 2.45) is 0 Å².